The van der Waals surface area contributed by atoms with Crippen molar-refractivity contribution in [2.45, 2.75) is 49.0 Å². The zero-order valence-corrected chi connectivity index (χ0v) is 23.1. The van der Waals surface area contributed by atoms with Crippen LogP contribution in [0.15, 0.2) is 63.7 Å². The maximum atomic E-state index is 6.59. The van der Waals surface area contributed by atoms with Crippen molar-refractivity contribution < 1.29 is 4.74 Å². The lowest BCUT2D eigenvalue weighted by molar-refractivity contribution is 0.306. The Morgan fingerprint density at radius 1 is 1.17 bits per heavy atom. The number of ether oxygens (including phenoxy) is 1. The molecule has 0 amide bonds. The number of halogens is 1. The fraction of sp³-hybridized carbons (Fsp3) is 0.259. The molecule has 0 aliphatic heterocycles. The van der Waals surface area contributed by atoms with Crippen molar-refractivity contribution in [3.63, 3.8) is 0 Å². The number of fused-ring (bicyclic) bond motifs is 1. The van der Waals surface area contributed by atoms with Gasteiger partial charge in [-0.15, -0.1) is 11.3 Å². The van der Waals surface area contributed by atoms with Crippen LogP contribution in [0, 0.1) is 6.92 Å². The van der Waals surface area contributed by atoms with Gasteiger partial charge in [-0.3, -0.25) is 4.98 Å². The Kier molecular flexibility index (Phi) is 6.76. The molecular formula is C27H26ClN5OS2. The lowest BCUT2D eigenvalue weighted by Gasteiger charge is -2.15. The van der Waals surface area contributed by atoms with E-state index in [9.17, 15) is 0 Å². The predicted octanol–water partition coefficient (Wildman–Crippen LogP) is 7.48. The smallest absolute Gasteiger partial charge is 0.154 e. The lowest BCUT2D eigenvalue weighted by Crippen LogP contribution is -2.11. The van der Waals surface area contributed by atoms with Gasteiger partial charge in [0.25, 0.3) is 0 Å². The number of imidazole rings is 1. The fourth-order valence-corrected chi connectivity index (χ4v) is 6.22. The Hall–Kier alpha value is -2.94. The van der Waals surface area contributed by atoms with Crippen LogP contribution < -0.4 is 4.74 Å². The van der Waals surface area contributed by atoms with Gasteiger partial charge in [0.05, 0.1) is 10.7 Å². The molecule has 0 spiro atoms. The Bertz CT molecular complexity index is 1550. The molecule has 0 atom stereocenters. The Balaban J connectivity index is 1.46. The molecule has 0 fully saturated rings. The van der Waals surface area contributed by atoms with Gasteiger partial charge in [-0.2, -0.15) is 0 Å². The van der Waals surface area contributed by atoms with Gasteiger partial charge >= 0.3 is 0 Å². The van der Waals surface area contributed by atoms with Crippen LogP contribution in [0.3, 0.4) is 0 Å². The third kappa shape index (κ3) is 4.98. The summed E-state index contributed by atoms with van der Waals surface area (Å²) in [5.41, 5.74) is 4.66. The number of rotatable bonds is 6. The minimum Gasteiger partial charge on any atom is -0.487 e. The van der Waals surface area contributed by atoms with E-state index in [1.54, 1.807) is 35.5 Å². The van der Waals surface area contributed by atoms with Crippen molar-refractivity contribution in [2.24, 2.45) is 7.05 Å². The van der Waals surface area contributed by atoms with E-state index in [-0.39, 0.29) is 12.0 Å². The van der Waals surface area contributed by atoms with Crippen molar-refractivity contribution in [1.82, 2.24) is 24.5 Å². The molecule has 4 heterocycles. The zero-order chi connectivity index (χ0) is 25.4. The molecule has 0 N–H and O–H groups in total. The molecule has 0 aliphatic carbocycles. The van der Waals surface area contributed by atoms with Crippen LogP contribution in [-0.2, 0) is 19.1 Å². The molecule has 9 heteroatoms. The van der Waals surface area contributed by atoms with Crippen LogP contribution in [0.25, 0.3) is 22.3 Å². The summed E-state index contributed by atoms with van der Waals surface area (Å²) < 4.78 is 9.31. The molecule has 0 bridgehead atoms. The highest BCUT2D eigenvalue weighted by Gasteiger charge is 2.20. The number of benzene rings is 1. The normalized spacial score (nSPS) is 11.8. The molecule has 36 heavy (non-hydrogen) atoms. The van der Waals surface area contributed by atoms with Crippen molar-refractivity contribution >= 4 is 45.6 Å². The van der Waals surface area contributed by atoms with E-state index in [0.29, 0.717) is 10.8 Å². The van der Waals surface area contributed by atoms with Crippen LogP contribution in [0.5, 0.6) is 5.75 Å². The molecule has 0 radical (unpaired) electrons. The second-order valence-corrected chi connectivity index (χ2v) is 12.1. The van der Waals surface area contributed by atoms with Gasteiger partial charge in [-0.25, -0.2) is 15.0 Å². The van der Waals surface area contributed by atoms with Gasteiger partial charge < -0.3 is 9.30 Å². The van der Waals surface area contributed by atoms with Gasteiger partial charge in [0.2, 0.25) is 0 Å². The third-order valence-corrected chi connectivity index (χ3v) is 8.11. The molecule has 5 rings (SSSR count). The van der Waals surface area contributed by atoms with Gasteiger partial charge in [-0.05, 0) is 19.1 Å². The van der Waals surface area contributed by atoms with E-state index in [2.05, 4.69) is 48.3 Å². The van der Waals surface area contributed by atoms with E-state index < -0.39 is 0 Å². The van der Waals surface area contributed by atoms with Gasteiger partial charge in [0, 0.05) is 69.7 Å². The molecule has 4 aromatic heterocycles. The maximum Gasteiger partial charge on any atom is 0.154 e. The summed E-state index contributed by atoms with van der Waals surface area (Å²) in [6.07, 6.45) is 7.21. The number of pyridine rings is 2. The van der Waals surface area contributed by atoms with Crippen LogP contribution in [-0.4, -0.2) is 24.5 Å². The first kappa shape index (κ1) is 24.7. The minimum atomic E-state index is 0.00111. The van der Waals surface area contributed by atoms with Crippen LogP contribution in [0.2, 0.25) is 5.02 Å². The number of aromatic nitrogens is 5. The molecule has 5 aromatic rings. The number of hydrogen-bond donors (Lipinski definition) is 0. The first-order valence-electron chi connectivity index (χ1n) is 11.5. The van der Waals surface area contributed by atoms with Crippen LogP contribution in [0.4, 0.5) is 0 Å². The topological polar surface area (TPSA) is 65.7 Å². The maximum absolute atomic E-state index is 6.59. The highest BCUT2D eigenvalue weighted by molar-refractivity contribution is 8.01. The largest absolute Gasteiger partial charge is 0.487 e. The molecule has 0 aliphatic rings. The van der Waals surface area contributed by atoms with E-state index in [0.717, 1.165) is 48.5 Å². The predicted molar refractivity (Wildman–Crippen MR) is 147 cm³/mol. The highest BCUT2D eigenvalue weighted by Crippen LogP contribution is 2.38. The summed E-state index contributed by atoms with van der Waals surface area (Å²) >= 11 is 9.78. The van der Waals surface area contributed by atoms with E-state index in [4.69, 9.17) is 26.3 Å². The third-order valence-electron chi connectivity index (χ3n) is 5.78. The van der Waals surface area contributed by atoms with Crippen molar-refractivity contribution in [1.29, 1.82) is 0 Å². The number of para-hydroxylation sites is 1. The van der Waals surface area contributed by atoms with Gasteiger partial charge in [0.1, 0.15) is 23.7 Å². The summed E-state index contributed by atoms with van der Waals surface area (Å²) in [6.45, 7) is 8.76. The Morgan fingerprint density at radius 2 is 2.00 bits per heavy atom. The molecule has 6 nitrogen and oxygen atoms in total. The average molecular weight is 536 g/mol. The Labute approximate surface area is 223 Å². The number of hydrogen-bond acceptors (Lipinski definition) is 7. The monoisotopic (exact) mass is 535 g/mol. The van der Waals surface area contributed by atoms with E-state index in [1.807, 2.05) is 43.1 Å². The quantitative estimate of drug-likeness (QED) is 0.224. The molecule has 0 unspecified atom stereocenters. The summed E-state index contributed by atoms with van der Waals surface area (Å²) in [6, 6.07) is 8.03. The van der Waals surface area contributed by atoms with Crippen molar-refractivity contribution in [3.8, 4) is 17.1 Å². The number of aryl methyl sites for hydroxylation is 2. The lowest BCUT2D eigenvalue weighted by atomic mass is 9.93. The first-order chi connectivity index (χ1) is 17.2. The summed E-state index contributed by atoms with van der Waals surface area (Å²) in [7, 11) is 1.99. The van der Waals surface area contributed by atoms with Gasteiger partial charge in [-0.1, -0.05) is 56.3 Å². The summed E-state index contributed by atoms with van der Waals surface area (Å²) in [5, 5.41) is 3.66. The molecule has 0 saturated heterocycles. The van der Waals surface area contributed by atoms with E-state index in [1.165, 1.54) is 0 Å². The molecule has 0 saturated carbocycles. The average Bonchev–Trinajstić information content (AvgIpc) is 3.47. The second-order valence-electron chi connectivity index (χ2n) is 9.56. The second kappa shape index (κ2) is 9.84. The molecule has 1 aromatic carbocycles. The molecule has 184 valence electrons. The van der Waals surface area contributed by atoms with Crippen LogP contribution in [0.1, 0.15) is 37.7 Å². The standard InChI is InChI=1S/C27H26ClN5OS2/c1-16-11-18(25-30-9-10-33(25)5)17-7-6-8-21(24(17)31-16)34-14-19-20(28)12-29-13-22(19)36-26-32-23(15-35-26)27(2,3)4/h6-13,15H,14H2,1-5H3. The SMILES string of the molecule is Cc1cc(-c2nccn2C)c2cccc(OCc3c(Cl)cncc3Sc3nc(C(C)(C)C)cs3)c2n1. The van der Waals surface area contributed by atoms with Gasteiger partial charge in [0.15, 0.2) is 4.34 Å². The number of nitrogens with zero attached hydrogens (tertiary/aromatic N) is 5. The van der Waals surface area contributed by atoms with Crippen molar-refractivity contribution in [2.75, 3.05) is 0 Å². The fourth-order valence-electron chi connectivity index (χ4n) is 3.84. The minimum absolute atomic E-state index is 0.00111. The zero-order valence-electron chi connectivity index (χ0n) is 20.7. The first-order valence-corrected chi connectivity index (χ1v) is 13.5. The van der Waals surface area contributed by atoms with Crippen LogP contribution >= 0.6 is 34.7 Å². The summed E-state index contributed by atoms with van der Waals surface area (Å²) in [4.78, 5) is 19.4. The summed E-state index contributed by atoms with van der Waals surface area (Å²) in [5.74, 6) is 1.58. The molecular weight excluding hydrogens is 510 g/mol. The van der Waals surface area contributed by atoms with E-state index >= 15 is 0 Å². The highest BCUT2D eigenvalue weighted by atomic mass is 35.5. The number of thiazole rings is 1. The Morgan fingerprint density at radius 3 is 2.72 bits per heavy atom. The van der Waals surface area contributed by atoms with Crippen molar-refractivity contribution in [3.05, 3.63) is 76.4 Å².